The van der Waals surface area contributed by atoms with Crippen LogP contribution in [0.2, 0.25) is 0 Å². The fourth-order valence-corrected chi connectivity index (χ4v) is 2.45. The Labute approximate surface area is 112 Å². The molecule has 2 heteroatoms. The SMILES string of the molecule is CCC(CC)CC(CN)Cc1ccc(OC)cc1. The normalized spacial score (nSPS) is 12.7. The Bertz CT molecular complexity index is 316. The van der Waals surface area contributed by atoms with Crippen LogP contribution in [0.25, 0.3) is 0 Å². The first-order valence-corrected chi connectivity index (χ1v) is 7.06. The number of benzene rings is 1. The molecule has 1 unspecified atom stereocenters. The van der Waals surface area contributed by atoms with Crippen molar-refractivity contribution >= 4 is 0 Å². The summed E-state index contributed by atoms with van der Waals surface area (Å²) in [5.41, 5.74) is 7.27. The minimum Gasteiger partial charge on any atom is -0.497 e. The zero-order valence-electron chi connectivity index (χ0n) is 12.0. The van der Waals surface area contributed by atoms with Crippen molar-refractivity contribution in [2.24, 2.45) is 17.6 Å². The second-order valence-electron chi connectivity index (χ2n) is 5.07. The molecule has 1 aromatic carbocycles. The highest BCUT2D eigenvalue weighted by atomic mass is 16.5. The van der Waals surface area contributed by atoms with Gasteiger partial charge in [-0.3, -0.25) is 0 Å². The van der Waals surface area contributed by atoms with E-state index in [9.17, 15) is 0 Å². The molecule has 0 radical (unpaired) electrons. The molecule has 0 spiro atoms. The predicted molar refractivity (Wildman–Crippen MR) is 77.9 cm³/mol. The van der Waals surface area contributed by atoms with E-state index in [1.165, 1.54) is 24.8 Å². The predicted octanol–water partition coefficient (Wildman–Crippen LogP) is 3.64. The Morgan fingerprint density at radius 3 is 2.11 bits per heavy atom. The van der Waals surface area contributed by atoms with Crippen molar-refractivity contribution in [1.82, 2.24) is 0 Å². The highest BCUT2D eigenvalue weighted by Gasteiger charge is 2.13. The maximum absolute atomic E-state index is 5.91. The van der Waals surface area contributed by atoms with Crippen molar-refractivity contribution in [2.45, 2.75) is 39.5 Å². The second kappa shape index (κ2) is 8.15. The number of nitrogens with two attached hydrogens (primary N) is 1. The lowest BCUT2D eigenvalue weighted by Gasteiger charge is -2.20. The Morgan fingerprint density at radius 1 is 1.06 bits per heavy atom. The summed E-state index contributed by atoms with van der Waals surface area (Å²) >= 11 is 0. The summed E-state index contributed by atoms with van der Waals surface area (Å²) in [5.74, 6) is 2.34. The summed E-state index contributed by atoms with van der Waals surface area (Å²) in [6.07, 6.45) is 4.84. The molecule has 0 aromatic heterocycles. The van der Waals surface area contributed by atoms with E-state index < -0.39 is 0 Å². The number of hydrogen-bond donors (Lipinski definition) is 1. The Kier molecular flexibility index (Phi) is 6.81. The molecule has 2 N–H and O–H groups in total. The zero-order chi connectivity index (χ0) is 13.4. The lowest BCUT2D eigenvalue weighted by molar-refractivity contribution is 0.356. The monoisotopic (exact) mass is 249 g/mol. The molecule has 0 saturated heterocycles. The second-order valence-corrected chi connectivity index (χ2v) is 5.07. The van der Waals surface area contributed by atoms with Crippen LogP contribution in [-0.4, -0.2) is 13.7 Å². The van der Waals surface area contributed by atoms with Crippen LogP contribution in [0, 0.1) is 11.8 Å². The van der Waals surface area contributed by atoms with Gasteiger partial charge in [0.1, 0.15) is 5.75 Å². The highest BCUT2D eigenvalue weighted by Crippen LogP contribution is 2.22. The molecule has 0 aliphatic rings. The molecular weight excluding hydrogens is 222 g/mol. The van der Waals surface area contributed by atoms with E-state index in [-0.39, 0.29) is 0 Å². The standard InChI is InChI=1S/C16H27NO/c1-4-13(5-2)10-15(12-17)11-14-6-8-16(18-3)9-7-14/h6-9,13,15H,4-5,10-12,17H2,1-3H3. The molecule has 0 heterocycles. The van der Waals surface area contributed by atoms with E-state index in [1.807, 2.05) is 12.1 Å². The van der Waals surface area contributed by atoms with Crippen LogP contribution in [0.5, 0.6) is 5.75 Å². The number of rotatable bonds is 8. The van der Waals surface area contributed by atoms with Gasteiger partial charge in [-0.05, 0) is 48.9 Å². The van der Waals surface area contributed by atoms with E-state index in [1.54, 1.807) is 7.11 Å². The van der Waals surface area contributed by atoms with Crippen molar-refractivity contribution in [1.29, 1.82) is 0 Å². The van der Waals surface area contributed by atoms with Crippen LogP contribution in [0.15, 0.2) is 24.3 Å². The molecule has 2 nitrogen and oxygen atoms in total. The average molecular weight is 249 g/mol. The van der Waals surface area contributed by atoms with Crippen molar-refractivity contribution < 1.29 is 4.74 Å². The Morgan fingerprint density at radius 2 is 1.67 bits per heavy atom. The van der Waals surface area contributed by atoms with Gasteiger partial charge in [0.05, 0.1) is 7.11 Å². The van der Waals surface area contributed by atoms with Gasteiger partial charge in [-0.25, -0.2) is 0 Å². The van der Waals surface area contributed by atoms with Crippen LogP contribution >= 0.6 is 0 Å². The lowest BCUT2D eigenvalue weighted by atomic mass is 9.87. The average Bonchev–Trinajstić information content (AvgIpc) is 2.44. The molecule has 18 heavy (non-hydrogen) atoms. The van der Waals surface area contributed by atoms with Gasteiger partial charge in [-0.15, -0.1) is 0 Å². The van der Waals surface area contributed by atoms with Crippen LogP contribution in [0.4, 0.5) is 0 Å². The van der Waals surface area contributed by atoms with Gasteiger partial charge < -0.3 is 10.5 Å². The van der Waals surface area contributed by atoms with Gasteiger partial charge in [-0.2, -0.15) is 0 Å². The summed E-state index contributed by atoms with van der Waals surface area (Å²) in [6, 6.07) is 8.35. The first kappa shape index (κ1) is 15.0. The quantitative estimate of drug-likeness (QED) is 0.763. The largest absolute Gasteiger partial charge is 0.497 e. The molecule has 1 rings (SSSR count). The van der Waals surface area contributed by atoms with Gasteiger partial charge in [0.15, 0.2) is 0 Å². The number of hydrogen-bond acceptors (Lipinski definition) is 2. The molecule has 0 fully saturated rings. The number of ether oxygens (including phenoxy) is 1. The fourth-order valence-electron chi connectivity index (χ4n) is 2.45. The van der Waals surface area contributed by atoms with Gasteiger partial charge in [0.2, 0.25) is 0 Å². The first-order chi connectivity index (χ1) is 8.73. The topological polar surface area (TPSA) is 35.2 Å². The minimum absolute atomic E-state index is 0.600. The molecule has 1 atom stereocenters. The third-order valence-corrected chi connectivity index (χ3v) is 3.84. The van der Waals surface area contributed by atoms with Gasteiger partial charge in [0, 0.05) is 0 Å². The van der Waals surface area contributed by atoms with Crippen molar-refractivity contribution in [3.05, 3.63) is 29.8 Å². The van der Waals surface area contributed by atoms with Gasteiger partial charge in [-0.1, -0.05) is 38.8 Å². The maximum Gasteiger partial charge on any atom is 0.118 e. The number of methoxy groups -OCH3 is 1. The summed E-state index contributed by atoms with van der Waals surface area (Å²) in [6.45, 7) is 5.33. The Hall–Kier alpha value is -1.02. The maximum atomic E-state index is 5.91. The fraction of sp³-hybridized carbons (Fsp3) is 0.625. The van der Waals surface area contributed by atoms with Crippen molar-refractivity contribution in [2.75, 3.05) is 13.7 Å². The molecule has 0 bridgehead atoms. The molecule has 1 aromatic rings. The molecule has 0 amide bonds. The lowest BCUT2D eigenvalue weighted by Crippen LogP contribution is -2.20. The van der Waals surface area contributed by atoms with E-state index in [2.05, 4.69) is 26.0 Å². The van der Waals surface area contributed by atoms with E-state index >= 15 is 0 Å². The summed E-state index contributed by atoms with van der Waals surface area (Å²) in [4.78, 5) is 0. The third kappa shape index (κ3) is 4.69. The summed E-state index contributed by atoms with van der Waals surface area (Å²) < 4.78 is 5.18. The summed E-state index contributed by atoms with van der Waals surface area (Å²) in [5, 5.41) is 0. The smallest absolute Gasteiger partial charge is 0.118 e. The molecule has 102 valence electrons. The third-order valence-electron chi connectivity index (χ3n) is 3.84. The molecule has 0 aliphatic heterocycles. The van der Waals surface area contributed by atoms with Crippen LogP contribution in [-0.2, 0) is 6.42 Å². The van der Waals surface area contributed by atoms with E-state index in [0.717, 1.165) is 24.6 Å². The van der Waals surface area contributed by atoms with Crippen molar-refractivity contribution in [3.8, 4) is 5.75 Å². The molecule has 0 saturated carbocycles. The highest BCUT2D eigenvalue weighted by molar-refractivity contribution is 5.27. The van der Waals surface area contributed by atoms with Crippen molar-refractivity contribution in [3.63, 3.8) is 0 Å². The minimum atomic E-state index is 0.600. The Balaban J connectivity index is 2.55. The van der Waals surface area contributed by atoms with Crippen LogP contribution < -0.4 is 10.5 Å². The molecule has 0 aliphatic carbocycles. The zero-order valence-corrected chi connectivity index (χ0v) is 12.0. The molecular formula is C16H27NO. The van der Waals surface area contributed by atoms with E-state index in [0.29, 0.717) is 5.92 Å². The van der Waals surface area contributed by atoms with Crippen LogP contribution in [0.3, 0.4) is 0 Å². The first-order valence-electron chi connectivity index (χ1n) is 7.06. The summed E-state index contributed by atoms with van der Waals surface area (Å²) in [7, 11) is 1.70. The van der Waals surface area contributed by atoms with E-state index in [4.69, 9.17) is 10.5 Å². The van der Waals surface area contributed by atoms with Gasteiger partial charge >= 0.3 is 0 Å². The van der Waals surface area contributed by atoms with Gasteiger partial charge in [0.25, 0.3) is 0 Å². The van der Waals surface area contributed by atoms with Crippen LogP contribution in [0.1, 0.15) is 38.7 Å².